The number of guanidine groups is 1. The highest BCUT2D eigenvalue weighted by Gasteiger charge is 2.28. The van der Waals surface area contributed by atoms with Gasteiger partial charge in [-0.25, -0.2) is 0 Å². The average molecular weight is 492 g/mol. The molecule has 1 aliphatic heterocycles. The van der Waals surface area contributed by atoms with Crippen LogP contribution in [0.1, 0.15) is 26.3 Å². The highest BCUT2D eigenvalue weighted by Crippen LogP contribution is 2.29. The van der Waals surface area contributed by atoms with E-state index in [2.05, 4.69) is 34.4 Å². The number of aliphatic imine (C=N–C) groups is 1. The van der Waals surface area contributed by atoms with Crippen molar-refractivity contribution >= 4 is 53.3 Å². The van der Waals surface area contributed by atoms with Crippen LogP contribution in [0.25, 0.3) is 0 Å². The second-order valence-corrected chi connectivity index (χ2v) is 8.45. The lowest BCUT2D eigenvalue weighted by Crippen LogP contribution is -2.50. The Bertz CT molecular complexity index is 652. The topological polar surface area (TPSA) is 66.0 Å². The third-order valence-electron chi connectivity index (χ3n) is 3.96. The van der Waals surface area contributed by atoms with Crippen molar-refractivity contribution in [3.05, 3.63) is 23.8 Å². The van der Waals surface area contributed by atoms with Crippen LogP contribution in [0.15, 0.2) is 23.2 Å². The number of thioether (sulfide) groups is 1. The third kappa shape index (κ3) is 6.53. The Morgan fingerprint density at radius 2 is 2.15 bits per heavy atom. The molecule has 1 fully saturated rings. The molecule has 2 rings (SSSR count). The molecule has 1 saturated heterocycles. The summed E-state index contributed by atoms with van der Waals surface area (Å²) in [4.78, 5) is 18.1. The highest BCUT2D eigenvalue weighted by molar-refractivity contribution is 14.0. The number of nitrogens with zero attached hydrogens (tertiary/aromatic N) is 2. The molecule has 26 heavy (non-hydrogen) atoms. The summed E-state index contributed by atoms with van der Waals surface area (Å²) in [6.45, 7) is 8.61. The van der Waals surface area contributed by atoms with Gasteiger partial charge < -0.3 is 20.3 Å². The van der Waals surface area contributed by atoms with E-state index in [0.29, 0.717) is 18.0 Å². The summed E-state index contributed by atoms with van der Waals surface area (Å²) in [7, 11) is 3.41. The molecule has 6 nitrogen and oxygen atoms in total. The summed E-state index contributed by atoms with van der Waals surface area (Å²) in [6.07, 6.45) is 0. The van der Waals surface area contributed by atoms with Crippen LogP contribution in [0.5, 0.6) is 5.75 Å². The Hall–Kier alpha value is -1.16. The molecule has 0 bridgehead atoms. The number of hydrogen-bond donors (Lipinski definition) is 2. The number of amides is 1. The van der Waals surface area contributed by atoms with Crippen molar-refractivity contribution in [3.8, 4) is 5.75 Å². The van der Waals surface area contributed by atoms with Crippen LogP contribution >= 0.6 is 35.7 Å². The number of carbonyl (C=O) groups is 1. The second kappa shape index (κ2) is 10.2. The first-order chi connectivity index (χ1) is 11.8. The van der Waals surface area contributed by atoms with E-state index < -0.39 is 0 Å². The van der Waals surface area contributed by atoms with Crippen LogP contribution in [0, 0.1) is 0 Å². The maximum absolute atomic E-state index is 11.4. The minimum atomic E-state index is -0.118. The number of carbonyl (C=O) groups excluding carboxylic acids is 1. The van der Waals surface area contributed by atoms with Gasteiger partial charge in [0.1, 0.15) is 5.75 Å². The molecule has 1 aliphatic rings. The van der Waals surface area contributed by atoms with Crippen molar-refractivity contribution in [2.24, 2.45) is 4.99 Å². The molecule has 0 aromatic heterocycles. The number of nitrogens with one attached hydrogen (secondary N) is 2. The maximum Gasteiger partial charge on any atom is 0.221 e. The van der Waals surface area contributed by atoms with Crippen LogP contribution in [0.2, 0.25) is 0 Å². The van der Waals surface area contributed by atoms with Gasteiger partial charge in [-0.15, -0.1) is 24.0 Å². The molecule has 0 unspecified atom stereocenters. The van der Waals surface area contributed by atoms with E-state index in [4.69, 9.17) is 4.74 Å². The van der Waals surface area contributed by atoms with Crippen LogP contribution in [0.3, 0.4) is 0 Å². The van der Waals surface area contributed by atoms with Gasteiger partial charge in [0.25, 0.3) is 0 Å². The van der Waals surface area contributed by atoms with Crippen LogP contribution < -0.4 is 15.4 Å². The van der Waals surface area contributed by atoms with E-state index >= 15 is 0 Å². The van der Waals surface area contributed by atoms with Crippen LogP contribution in [0.4, 0.5) is 5.69 Å². The summed E-state index contributed by atoms with van der Waals surface area (Å²) in [5.41, 5.74) is 1.73. The molecule has 1 amide bonds. The van der Waals surface area contributed by atoms with E-state index in [9.17, 15) is 4.79 Å². The number of rotatable bonds is 4. The zero-order valence-electron chi connectivity index (χ0n) is 16.1. The SMILES string of the molecule is CN=C(NCc1ccc(OC)c(NC(C)=O)c1)N1CCSC(C)(C)C1.I. The van der Waals surface area contributed by atoms with Crippen molar-refractivity contribution < 1.29 is 9.53 Å². The second-order valence-electron chi connectivity index (χ2n) is 6.65. The summed E-state index contributed by atoms with van der Waals surface area (Å²) < 4.78 is 5.53. The summed E-state index contributed by atoms with van der Waals surface area (Å²) >= 11 is 2.00. The van der Waals surface area contributed by atoms with Gasteiger partial charge in [0.2, 0.25) is 5.91 Å². The number of ether oxygens (including phenoxy) is 1. The third-order valence-corrected chi connectivity index (χ3v) is 5.26. The van der Waals surface area contributed by atoms with Gasteiger partial charge in [-0.2, -0.15) is 11.8 Å². The standard InChI is InChI=1S/C18H28N4O2S.HI/c1-13(23)21-15-10-14(6-7-16(15)24-5)11-20-17(19-4)22-8-9-25-18(2,3)12-22;/h6-7,10H,8-9,11-12H2,1-5H3,(H,19,20)(H,21,23);1H. The minimum absolute atomic E-state index is 0. The zero-order chi connectivity index (χ0) is 18.4. The van der Waals surface area contributed by atoms with E-state index in [1.165, 1.54) is 6.92 Å². The van der Waals surface area contributed by atoms with Crippen molar-refractivity contribution in [2.45, 2.75) is 32.1 Å². The normalized spacial score (nSPS) is 16.5. The van der Waals surface area contributed by atoms with Crippen molar-refractivity contribution in [1.29, 1.82) is 0 Å². The number of halogens is 1. The van der Waals surface area contributed by atoms with E-state index in [0.717, 1.165) is 30.4 Å². The average Bonchev–Trinajstić information content (AvgIpc) is 2.54. The van der Waals surface area contributed by atoms with Crippen molar-refractivity contribution in [1.82, 2.24) is 10.2 Å². The van der Waals surface area contributed by atoms with Gasteiger partial charge in [-0.1, -0.05) is 6.07 Å². The van der Waals surface area contributed by atoms with Gasteiger partial charge in [-0.05, 0) is 31.5 Å². The minimum Gasteiger partial charge on any atom is -0.495 e. The van der Waals surface area contributed by atoms with Gasteiger partial charge in [0.15, 0.2) is 5.96 Å². The lowest BCUT2D eigenvalue weighted by Gasteiger charge is -2.39. The summed E-state index contributed by atoms with van der Waals surface area (Å²) in [5.74, 6) is 2.54. The summed E-state index contributed by atoms with van der Waals surface area (Å²) in [6, 6.07) is 5.78. The molecule has 0 spiro atoms. The molecule has 0 aliphatic carbocycles. The quantitative estimate of drug-likeness (QED) is 0.384. The Morgan fingerprint density at radius 1 is 1.42 bits per heavy atom. The number of hydrogen-bond acceptors (Lipinski definition) is 4. The fourth-order valence-corrected chi connectivity index (χ4v) is 3.97. The molecule has 0 radical (unpaired) electrons. The van der Waals surface area contributed by atoms with E-state index in [1.807, 2.05) is 37.0 Å². The fourth-order valence-electron chi connectivity index (χ4n) is 2.86. The molecule has 2 N–H and O–H groups in total. The van der Waals surface area contributed by atoms with Crippen molar-refractivity contribution in [3.63, 3.8) is 0 Å². The Morgan fingerprint density at radius 3 is 2.73 bits per heavy atom. The molecule has 1 heterocycles. The van der Waals surface area contributed by atoms with E-state index in [1.54, 1.807) is 7.11 Å². The number of methoxy groups -OCH3 is 1. The zero-order valence-corrected chi connectivity index (χ0v) is 19.2. The first-order valence-corrected chi connectivity index (χ1v) is 9.37. The Kier molecular flexibility index (Phi) is 9.02. The van der Waals surface area contributed by atoms with Gasteiger partial charge in [-0.3, -0.25) is 9.79 Å². The molecule has 0 atom stereocenters. The molecular weight excluding hydrogens is 463 g/mol. The molecular formula is C18H29IN4O2S. The molecule has 146 valence electrons. The number of benzene rings is 1. The highest BCUT2D eigenvalue weighted by atomic mass is 127. The summed E-state index contributed by atoms with van der Waals surface area (Å²) in [5, 5.41) is 6.23. The predicted octanol–water partition coefficient (Wildman–Crippen LogP) is 3.17. The largest absolute Gasteiger partial charge is 0.495 e. The smallest absolute Gasteiger partial charge is 0.221 e. The first kappa shape index (κ1) is 22.9. The van der Waals surface area contributed by atoms with Crippen molar-refractivity contribution in [2.75, 3.05) is 38.3 Å². The van der Waals surface area contributed by atoms with E-state index in [-0.39, 0.29) is 34.6 Å². The van der Waals surface area contributed by atoms with Gasteiger partial charge >= 0.3 is 0 Å². The Labute approximate surface area is 177 Å². The molecule has 0 saturated carbocycles. The van der Waals surface area contributed by atoms with Gasteiger partial charge in [0, 0.05) is 44.1 Å². The maximum atomic E-state index is 11.4. The fraction of sp³-hybridized carbons (Fsp3) is 0.556. The van der Waals surface area contributed by atoms with Crippen LogP contribution in [-0.2, 0) is 11.3 Å². The predicted molar refractivity (Wildman–Crippen MR) is 121 cm³/mol. The monoisotopic (exact) mass is 492 g/mol. The van der Waals surface area contributed by atoms with Gasteiger partial charge in [0.05, 0.1) is 12.8 Å². The molecule has 8 heteroatoms. The molecule has 1 aromatic carbocycles. The lowest BCUT2D eigenvalue weighted by atomic mass is 10.1. The first-order valence-electron chi connectivity index (χ1n) is 8.38. The lowest BCUT2D eigenvalue weighted by molar-refractivity contribution is -0.114. The van der Waals surface area contributed by atoms with Crippen LogP contribution in [-0.4, -0.2) is 54.5 Å². The number of anilines is 1. The molecule has 1 aromatic rings. The Balaban J connectivity index is 0.00000338.